The predicted molar refractivity (Wildman–Crippen MR) is 80.8 cm³/mol. The summed E-state index contributed by atoms with van der Waals surface area (Å²) >= 11 is 5.15. The molecule has 0 amide bonds. The minimum absolute atomic E-state index is 0.0689. The molecule has 2 fully saturated rings. The zero-order valence-corrected chi connectivity index (χ0v) is 13.0. The molecule has 0 spiro atoms. The summed E-state index contributed by atoms with van der Waals surface area (Å²) in [6.07, 6.45) is -1.43. The summed E-state index contributed by atoms with van der Waals surface area (Å²) in [4.78, 5) is 18.5. The molecule has 0 saturated carbocycles. The van der Waals surface area contributed by atoms with E-state index in [9.17, 15) is 10.00 Å². The molecule has 0 bridgehead atoms. The lowest BCUT2D eigenvalue weighted by Gasteiger charge is -2.28. The highest BCUT2D eigenvalue weighted by atomic mass is 32.1. The van der Waals surface area contributed by atoms with Crippen molar-refractivity contribution in [2.45, 2.75) is 24.5 Å². The molecule has 3 aliphatic rings. The van der Waals surface area contributed by atoms with Crippen LogP contribution in [-0.4, -0.2) is 65.3 Å². The van der Waals surface area contributed by atoms with Crippen LogP contribution in [0.15, 0.2) is 6.33 Å². The first kappa shape index (κ1) is 14.8. The molecule has 9 nitrogen and oxygen atoms in total. The Labute approximate surface area is 132 Å². The monoisotopic (exact) mass is 343 g/mol. The standard InChI is InChI=1S/C10H13BN4O5PS/c11-21(17)18-1-4-7(20-21)6(16)10(19-4)15-3-14-5-8(15)12-2-13-9(5)22/h2,4,6-7,10,14,16-17H,1,3H2,(H,12,13,22)/q+1/t4?,6?,7-,10?,21?/m1/s1. The highest BCUT2D eigenvalue weighted by Gasteiger charge is 2.58. The summed E-state index contributed by atoms with van der Waals surface area (Å²) in [6, 6.07) is 0. The summed E-state index contributed by atoms with van der Waals surface area (Å²) in [7, 11) is 2.11. The molecule has 4 unspecified atom stereocenters. The molecule has 116 valence electrons. The second kappa shape index (κ2) is 5.10. The van der Waals surface area contributed by atoms with E-state index in [1.165, 1.54) is 6.33 Å². The van der Waals surface area contributed by atoms with Crippen molar-refractivity contribution in [2.24, 2.45) is 0 Å². The Morgan fingerprint density at radius 3 is 3.18 bits per heavy atom. The number of rotatable bonds is 1. The molecule has 5 atom stereocenters. The third kappa shape index (κ3) is 2.25. The van der Waals surface area contributed by atoms with Gasteiger partial charge in [0.1, 0.15) is 30.3 Å². The van der Waals surface area contributed by atoms with Gasteiger partial charge in [-0.15, -0.1) is 0 Å². The second-order valence-corrected chi connectivity index (χ2v) is 7.21. The Morgan fingerprint density at radius 1 is 1.55 bits per heavy atom. The van der Waals surface area contributed by atoms with Gasteiger partial charge in [-0.1, -0.05) is 12.2 Å². The van der Waals surface area contributed by atoms with Crippen molar-refractivity contribution >= 4 is 39.1 Å². The molecule has 4 N–H and O–H groups in total. The largest absolute Gasteiger partial charge is 0.488 e. The number of aromatic amines is 1. The third-order valence-electron chi connectivity index (χ3n) is 3.86. The molecule has 12 heteroatoms. The number of H-pyrrole nitrogens is 1. The van der Waals surface area contributed by atoms with Crippen LogP contribution in [0.3, 0.4) is 0 Å². The molecule has 2 radical (unpaired) electrons. The van der Waals surface area contributed by atoms with Gasteiger partial charge in [0.25, 0.3) is 0 Å². The van der Waals surface area contributed by atoms with Crippen molar-refractivity contribution in [1.82, 2.24) is 9.97 Å². The molecule has 4 heterocycles. The molecule has 22 heavy (non-hydrogen) atoms. The van der Waals surface area contributed by atoms with Gasteiger partial charge in [0.15, 0.2) is 17.0 Å². The average Bonchev–Trinajstić information content (AvgIpc) is 3.01. The minimum atomic E-state index is -3.38. The second-order valence-electron chi connectivity index (χ2n) is 5.22. The van der Waals surface area contributed by atoms with Crippen LogP contribution in [0, 0.1) is 4.64 Å². The van der Waals surface area contributed by atoms with Crippen molar-refractivity contribution in [2.75, 3.05) is 23.5 Å². The van der Waals surface area contributed by atoms with E-state index < -0.39 is 32.4 Å². The van der Waals surface area contributed by atoms with Crippen LogP contribution in [-0.2, 0) is 13.8 Å². The van der Waals surface area contributed by atoms with Crippen molar-refractivity contribution in [3.63, 3.8) is 0 Å². The maximum atomic E-state index is 10.5. The minimum Gasteiger partial charge on any atom is -0.385 e. The number of ether oxygens (including phenoxy) is 1. The van der Waals surface area contributed by atoms with Gasteiger partial charge in [0.05, 0.1) is 13.0 Å². The fourth-order valence-electron chi connectivity index (χ4n) is 2.86. The first-order chi connectivity index (χ1) is 10.5. The predicted octanol–water partition coefficient (Wildman–Crippen LogP) is -0.332. The number of anilines is 2. The summed E-state index contributed by atoms with van der Waals surface area (Å²) in [5, 5.41) is 13.6. The van der Waals surface area contributed by atoms with Gasteiger partial charge in [-0.3, -0.25) is 0 Å². The van der Waals surface area contributed by atoms with Crippen molar-refractivity contribution in [3.05, 3.63) is 11.0 Å². The van der Waals surface area contributed by atoms with Gasteiger partial charge < -0.3 is 25.0 Å². The number of hydrogen-bond acceptors (Lipinski definition) is 9. The number of fused-ring (bicyclic) bond motifs is 2. The van der Waals surface area contributed by atoms with Gasteiger partial charge in [0.2, 0.25) is 0 Å². The normalized spacial score (nSPS) is 40.2. The van der Waals surface area contributed by atoms with Gasteiger partial charge in [-0.2, -0.15) is 9.05 Å². The quantitative estimate of drug-likeness (QED) is 0.309. The Kier molecular flexibility index (Phi) is 3.42. The summed E-state index contributed by atoms with van der Waals surface area (Å²) in [6.45, 7) is 0.463. The van der Waals surface area contributed by atoms with Crippen LogP contribution in [0.25, 0.3) is 0 Å². The lowest BCUT2D eigenvalue weighted by atomic mass is 10.1. The van der Waals surface area contributed by atoms with E-state index in [1.807, 2.05) is 0 Å². The number of aliphatic hydroxyl groups is 1. The first-order valence-corrected chi connectivity index (χ1v) is 8.67. The molecule has 1 aromatic heterocycles. The molecular weight excluding hydrogens is 330 g/mol. The zero-order chi connectivity index (χ0) is 15.5. The van der Waals surface area contributed by atoms with E-state index in [1.54, 1.807) is 4.90 Å². The van der Waals surface area contributed by atoms with Gasteiger partial charge >= 0.3 is 15.4 Å². The molecular formula is C10H13BN4O5PS+. The van der Waals surface area contributed by atoms with Crippen molar-refractivity contribution in [3.8, 4) is 0 Å². The molecule has 3 aliphatic heterocycles. The van der Waals surface area contributed by atoms with Crippen LogP contribution >= 0.6 is 20.0 Å². The van der Waals surface area contributed by atoms with E-state index in [-0.39, 0.29) is 6.61 Å². The average molecular weight is 343 g/mol. The van der Waals surface area contributed by atoms with Crippen LogP contribution in [0.5, 0.6) is 0 Å². The topological polar surface area (TPSA) is 112 Å². The zero-order valence-electron chi connectivity index (χ0n) is 11.2. The van der Waals surface area contributed by atoms with E-state index in [4.69, 9.17) is 33.6 Å². The van der Waals surface area contributed by atoms with Crippen molar-refractivity contribution < 1.29 is 23.8 Å². The lowest BCUT2D eigenvalue weighted by Crippen LogP contribution is -2.45. The van der Waals surface area contributed by atoms with Crippen molar-refractivity contribution in [1.29, 1.82) is 0 Å². The Hall–Kier alpha value is -0.805. The van der Waals surface area contributed by atoms with E-state index in [0.29, 0.717) is 22.8 Å². The van der Waals surface area contributed by atoms with Crippen LogP contribution < -0.4 is 10.2 Å². The number of aromatic nitrogens is 2. The van der Waals surface area contributed by atoms with Gasteiger partial charge in [-0.25, -0.2) is 9.88 Å². The fourth-order valence-corrected chi connectivity index (χ4v) is 4.12. The van der Waals surface area contributed by atoms with Crippen LogP contribution in [0.4, 0.5) is 11.5 Å². The summed E-state index contributed by atoms with van der Waals surface area (Å²) in [5.74, 6) is 0.682. The Bertz CT molecular complexity index is 662. The highest BCUT2D eigenvalue weighted by Crippen LogP contribution is 2.58. The number of hydrogen-bond donors (Lipinski definition) is 4. The van der Waals surface area contributed by atoms with Crippen LogP contribution in [0.2, 0.25) is 0 Å². The third-order valence-corrected chi connectivity index (χ3v) is 5.23. The molecule has 0 aliphatic carbocycles. The maximum absolute atomic E-state index is 10.5. The summed E-state index contributed by atoms with van der Waals surface area (Å²) in [5.41, 5.74) is 0.683. The molecule has 4 rings (SSSR count). The van der Waals surface area contributed by atoms with E-state index in [0.717, 1.165) is 0 Å². The highest BCUT2D eigenvalue weighted by molar-refractivity contribution is 7.85. The van der Waals surface area contributed by atoms with Gasteiger partial charge in [0, 0.05) is 0 Å². The lowest BCUT2D eigenvalue weighted by molar-refractivity contribution is -0.0440. The maximum Gasteiger partial charge on any atom is 0.488 e. The Balaban J connectivity index is 1.61. The smallest absolute Gasteiger partial charge is 0.385 e. The van der Waals surface area contributed by atoms with E-state index >= 15 is 0 Å². The first-order valence-electron chi connectivity index (χ1n) is 6.61. The molecule has 1 aromatic rings. The number of nitrogens with zero attached hydrogens (tertiary/aromatic N) is 2. The SMILES string of the molecule is [B][P+]1(O)OCC2OC(N3CNc4c3[nH]cnc4=S)C(O)[C@@H]2O1. The molecule has 0 aromatic carbocycles. The van der Waals surface area contributed by atoms with Gasteiger partial charge in [-0.05, 0) is 0 Å². The number of nitrogens with one attached hydrogen (secondary N) is 2. The molecule has 2 saturated heterocycles. The van der Waals surface area contributed by atoms with Crippen LogP contribution in [0.1, 0.15) is 0 Å². The number of aliphatic hydroxyl groups excluding tert-OH is 1. The Morgan fingerprint density at radius 2 is 2.36 bits per heavy atom. The fraction of sp³-hybridized carbons (Fsp3) is 0.600. The summed E-state index contributed by atoms with van der Waals surface area (Å²) < 4.78 is 16.6. The van der Waals surface area contributed by atoms with E-state index in [2.05, 4.69) is 15.3 Å².